The summed E-state index contributed by atoms with van der Waals surface area (Å²) in [6.45, 7) is 2.10. The summed E-state index contributed by atoms with van der Waals surface area (Å²) < 4.78 is 0. The zero-order chi connectivity index (χ0) is 32.0. The van der Waals surface area contributed by atoms with Crippen LogP contribution in [-0.2, 0) is 6.42 Å². The second-order valence-electron chi connectivity index (χ2n) is 10.9. The first-order valence-electron chi connectivity index (χ1n) is 15.2. The molecular weight excluding hydrogens is 580 g/mol. The van der Waals surface area contributed by atoms with E-state index < -0.39 is 0 Å². The zero-order valence-electron chi connectivity index (χ0n) is 25.7. The van der Waals surface area contributed by atoms with Crippen molar-refractivity contribution in [2.24, 2.45) is 5.73 Å². The Hall–Kier alpha value is -6.41. The minimum absolute atomic E-state index is 0.447. The van der Waals surface area contributed by atoms with Crippen LogP contribution in [-0.4, -0.2) is 34.9 Å². The predicted octanol–water partition coefficient (Wildman–Crippen LogP) is 7.82. The third kappa shape index (κ3) is 6.39. The lowest BCUT2D eigenvalue weighted by Gasteiger charge is -2.12. The Morgan fingerprint density at radius 2 is 1.36 bits per heavy atom. The molecular formula is C39H30N8. The van der Waals surface area contributed by atoms with Crippen molar-refractivity contribution in [2.45, 2.75) is 13.3 Å². The van der Waals surface area contributed by atoms with Gasteiger partial charge in [-0.2, -0.15) is 0 Å². The molecule has 0 fully saturated rings. The van der Waals surface area contributed by atoms with Gasteiger partial charge in [0.15, 0.2) is 17.5 Å². The van der Waals surface area contributed by atoms with Crippen LogP contribution in [0, 0.1) is 6.92 Å². The molecule has 0 spiro atoms. The van der Waals surface area contributed by atoms with Gasteiger partial charge in [0.1, 0.15) is 11.4 Å². The summed E-state index contributed by atoms with van der Waals surface area (Å²) in [4.78, 5) is 33.5. The fraction of sp³-hybridized carbons (Fsp3) is 0.0513. The largest absolute Gasteiger partial charge is 0.405 e. The summed E-state index contributed by atoms with van der Waals surface area (Å²) in [6, 6.07) is 31.9. The lowest BCUT2D eigenvalue weighted by atomic mass is 9.95. The molecule has 8 nitrogen and oxygen atoms in total. The molecule has 0 aliphatic rings. The van der Waals surface area contributed by atoms with Gasteiger partial charge in [0.2, 0.25) is 0 Å². The van der Waals surface area contributed by atoms with Crippen molar-refractivity contribution in [2.75, 3.05) is 0 Å². The smallest absolute Gasteiger partial charge is 0.182 e. The van der Waals surface area contributed by atoms with E-state index in [4.69, 9.17) is 30.7 Å². The predicted molar refractivity (Wildman–Crippen MR) is 187 cm³/mol. The second kappa shape index (κ2) is 13.3. The molecule has 0 aliphatic heterocycles. The van der Waals surface area contributed by atoms with Crippen LogP contribution in [0.25, 0.3) is 67.7 Å². The highest BCUT2D eigenvalue weighted by Gasteiger charge is 2.16. The molecule has 47 heavy (non-hydrogen) atoms. The van der Waals surface area contributed by atoms with E-state index >= 15 is 0 Å². The van der Waals surface area contributed by atoms with E-state index in [2.05, 4.69) is 47.2 Å². The van der Waals surface area contributed by atoms with Crippen LogP contribution in [0.15, 0.2) is 140 Å². The number of aromatic nitrogens is 7. The minimum atomic E-state index is 0.447. The van der Waals surface area contributed by atoms with Gasteiger partial charge in [0.05, 0.1) is 11.4 Å². The van der Waals surface area contributed by atoms with Gasteiger partial charge in [-0.05, 0) is 78.2 Å². The molecule has 0 amide bonds. The summed E-state index contributed by atoms with van der Waals surface area (Å²) >= 11 is 0. The van der Waals surface area contributed by atoms with Crippen LogP contribution in [0.5, 0.6) is 0 Å². The van der Waals surface area contributed by atoms with Crippen LogP contribution in [0.4, 0.5) is 0 Å². The van der Waals surface area contributed by atoms with E-state index in [-0.39, 0.29) is 0 Å². The number of allylic oxidation sites excluding steroid dienone is 3. The highest BCUT2D eigenvalue weighted by atomic mass is 15.1. The molecule has 0 unspecified atom stereocenters. The van der Waals surface area contributed by atoms with Crippen LogP contribution >= 0.6 is 0 Å². The third-order valence-electron chi connectivity index (χ3n) is 7.71. The Morgan fingerprint density at radius 1 is 0.617 bits per heavy atom. The number of rotatable bonds is 8. The summed E-state index contributed by atoms with van der Waals surface area (Å²) in [6.07, 6.45) is 13.4. The van der Waals surface area contributed by atoms with Crippen LogP contribution < -0.4 is 5.73 Å². The molecule has 8 heteroatoms. The summed E-state index contributed by atoms with van der Waals surface area (Å²) in [5.74, 6) is 1.44. The Bertz CT molecular complexity index is 2260. The fourth-order valence-corrected chi connectivity index (χ4v) is 5.44. The molecule has 2 aromatic carbocycles. The first-order valence-corrected chi connectivity index (χ1v) is 15.2. The monoisotopic (exact) mass is 610 g/mol. The molecule has 2 N–H and O–H groups in total. The van der Waals surface area contributed by atoms with E-state index in [1.165, 1.54) is 6.20 Å². The quantitative estimate of drug-likeness (QED) is 0.173. The normalized spacial score (nSPS) is 11.5. The van der Waals surface area contributed by atoms with Crippen molar-refractivity contribution in [1.29, 1.82) is 0 Å². The van der Waals surface area contributed by atoms with Crippen molar-refractivity contribution in [1.82, 2.24) is 34.9 Å². The van der Waals surface area contributed by atoms with Crippen molar-refractivity contribution >= 4 is 10.8 Å². The molecule has 0 bridgehead atoms. The minimum Gasteiger partial charge on any atom is -0.405 e. The van der Waals surface area contributed by atoms with Crippen molar-refractivity contribution in [3.8, 4) is 56.9 Å². The van der Waals surface area contributed by atoms with Crippen LogP contribution in [0.2, 0.25) is 0 Å². The number of benzene rings is 2. The van der Waals surface area contributed by atoms with E-state index in [1.54, 1.807) is 12.3 Å². The SMILES string of the molecule is Cc1cc(-c2nc(-c3cccc(C/C=C\C=C/N)n3)nc(-c3cccc(-c4ccccn4)n3)n2)ccc1-c1cncc2ccccc12. The summed E-state index contributed by atoms with van der Waals surface area (Å²) in [5, 5.41) is 2.25. The van der Waals surface area contributed by atoms with Gasteiger partial charge in [0, 0.05) is 47.2 Å². The topological polar surface area (TPSA) is 116 Å². The maximum Gasteiger partial charge on any atom is 0.182 e. The number of hydrogen-bond donors (Lipinski definition) is 1. The molecule has 0 atom stereocenters. The molecule has 7 rings (SSSR count). The Balaban J connectivity index is 1.34. The van der Waals surface area contributed by atoms with Gasteiger partial charge >= 0.3 is 0 Å². The molecule has 226 valence electrons. The van der Waals surface area contributed by atoms with Gasteiger partial charge in [-0.3, -0.25) is 9.97 Å². The maximum absolute atomic E-state index is 5.46. The van der Waals surface area contributed by atoms with E-state index in [9.17, 15) is 0 Å². The van der Waals surface area contributed by atoms with E-state index in [0.717, 1.165) is 50.1 Å². The molecule has 5 aromatic heterocycles. The second-order valence-corrected chi connectivity index (χ2v) is 10.9. The lowest BCUT2D eigenvalue weighted by Crippen LogP contribution is -2.03. The first kappa shape index (κ1) is 29.3. The van der Waals surface area contributed by atoms with E-state index in [1.807, 2.05) is 91.3 Å². The number of pyridine rings is 4. The van der Waals surface area contributed by atoms with Crippen molar-refractivity contribution in [3.05, 3.63) is 151 Å². The number of fused-ring (bicyclic) bond motifs is 1. The van der Waals surface area contributed by atoms with Gasteiger partial charge in [-0.15, -0.1) is 0 Å². The third-order valence-corrected chi connectivity index (χ3v) is 7.71. The summed E-state index contributed by atoms with van der Waals surface area (Å²) in [7, 11) is 0. The van der Waals surface area contributed by atoms with Crippen molar-refractivity contribution < 1.29 is 0 Å². The Kier molecular flexibility index (Phi) is 8.29. The molecule has 0 aliphatic carbocycles. The average molecular weight is 611 g/mol. The standard InChI is InChI=1S/C39H30N8/c1-26-23-27(19-20-30(26)32-25-41-24-28-11-4-5-14-31(28)32)37-45-38(35-17-9-13-29(43-35)12-3-2-7-21-40)47-39(46-37)36-18-10-16-34(44-36)33-15-6-8-22-42-33/h2-11,13-25H,12,40H2,1H3/b3-2-,21-7-. The van der Waals surface area contributed by atoms with Gasteiger partial charge in [0.25, 0.3) is 0 Å². The van der Waals surface area contributed by atoms with Gasteiger partial charge in [-0.1, -0.05) is 66.7 Å². The number of nitrogens with two attached hydrogens (primary N) is 1. The van der Waals surface area contributed by atoms with Crippen LogP contribution in [0.1, 0.15) is 11.3 Å². The van der Waals surface area contributed by atoms with E-state index in [0.29, 0.717) is 35.3 Å². The number of hydrogen-bond acceptors (Lipinski definition) is 8. The molecule has 5 heterocycles. The highest BCUT2D eigenvalue weighted by molar-refractivity contribution is 5.96. The van der Waals surface area contributed by atoms with Crippen LogP contribution in [0.3, 0.4) is 0 Å². The highest BCUT2D eigenvalue weighted by Crippen LogP contribution is 2.33. The number of nitrogens with zero attached hydrogens (tertiary/aromatic N) is 7. The molecule has 0 saturated carbocycles. The van der Waals surface area contributed by atoms with Gasteiger partial charge < -0.3 is 5.73 Å². The summed E-state index contributed by atoms with van der Waals surface area (Å²) in [5.41, 5.74) is 13.2. The lowest BCUT2D eigenvalue weighted by molar-refractivity contribution is 1.03. The Morgan fingerprint density at radius 3 is 2.17 bits per heavy atom. The Labute approximate surface area is 272 Å². The van der Waals surface area contributed by atoms with Gasteiger partial charge in [-0.25, -0.2) is 24.9 Å². The molecule has 0 saturated heterocycles. The first-order chi connectivity index (χ1) is 23.2. The average Bonchev–Trinajstić information content (AvgIpc) is 3.13. The molecule has 0 radical (unpaired) electrons. The number of aryl methyl sites for hydroxylation is 1. The maximum atomic E-state index is 5.46. The fourth-order valence-electron chi connectivity index (χ4n) is 5.44. The zero-order valence-corrected chi connectivity index (χ0v) is 25.7. The molecule has 7 aromatic rings. The van der Waals surface area contributed by atoms with Crippen molar-refractivity contribution in [3.63, 3.8) is 0 Å².